The number of carbonyl (C=O) groups is 2. The fourth-order valence-electron chi connectivity index (χ4n) is 4.01. The number of nitrogens with zero attached hydrogens (tertiary/aromatic N) is 3. The van der Waals surface area contributed by atoms with Gasteiger partial charge in [0.25, 0.3) is 11.5 Å². The van der Waals surface area contributed by atoms with Crippen molar-refractivity contribution >= 4 is 22.7 Å². The van der Waals surface area contributed by atoms with Crippen molar-refractivity contribution in [2.75, 3.05) is 32.8 Å². The summed E-state index contributed by atoms with van der Waals surface area (Å²) in [7, 11) is 0. The van der Waals surface area contributed by atoms with Crippen LogP contribution in [0.15, 0.2) is 41.2 Å². The Bertz CT molecular complexity index is 933. The smallest absolute Gasteiger partial charge is 0.251 e. The second-order valence-electron chi connectivity index (χ2n) is 7.38. The summed E-state index contributed by atoms with van der Waals surface area (Å²) < 4.78 is 7.03. The Kier molecular flexibility index (Phi) is 5.43. The van der Waals surface area contributed by atoms with E-state index in [0.717, 1.165) is 30.2 Å². The van der Waals surface area contributed by atoms with Gasteiger partial charge in [0.15, 0.2) is 0 Å². The van der Waals surface area contributed by atoms with E-state index in [-0.39, 0.29) is 30.0 Å². The summed E-state index contributed by atoms with van der Waals surface area (Å²) in [5.74, 6) is -0.0538. The molecule has 2 aromatic rings. The Balaban J connectivity index is 1.44. The van der Waals surface area contributed by atoms with Crippen molar-refractivity contribution in [1.29, 1.82) is 0 Å². The first kappa shape index (κ1) is 18.7. The van der Waals surface area contributed by atoms with E-state index in [1.807, 2.05) is 29.2 Å². The molecule has 2 saturated heterocycles. The van der Waals surface area contributed by atoms with Gasteiger partial charge >= 0.3 is 0 Å². The maximum Gasteiger partial charge on any atom is 0.251 e. The lowest BCUT2D eigenvalue weighted by Crippen LogP contribution is -2.42. The number of carbonyl (C=O) groups excluding carboxylic acids is 2. The van der Waals surface area contributed by atoms with Crippen LogP contribution in [-0.2, 0) is 20.9 Å². The van der Waals surface area contributed by atoms with E-state index < -0.39 is 0 Å². The topological polar surface area (TPSA) is 71.9 Å². The molecule has 1 aromatic carbocycles. The molecule has 0 radical (unpaired) electrons. The number of rotatable bonds is 3. The molecule has 1 aromatic heterocycles. The summed E-state index contributed by atoms with van der Waals surface area (Å²) in [6, 6.07) is 10.8. The number of hydrogen-bond donors (Lipinski definition) is 0. The first-order valence-electron chi connectivity index (χ1n) is 9.90. The molecule has 0 spiro atoms. The van der Waals surface area contributed by atoms with E-state index in [2.05, 4.69) is 0 Å². The summed E-state index contributed by atoms with van der Waals surface area (Å²) in [4.78, 5) is 41.4. The lowest BCUT2D eigenvalue weighted by atomic mass is 10.2. The minimum atomic E-state index is -0.323. The summed E-state index contributed by atoms with van der Waals surface area (Å²) in [5.41, 5.74) is 0.574. The Morgan fingerprint density at radius 3 is 2.57 bits per heavy atom. The molecule has 28 heavy (non-hydrogen) atoms. The molecule has 2 aliphatic heterocycles. The van der Waals surface area contributed by atoms with Crippen LogP contribution < -0.4 is 5.56 Å². The Labute approximate surface area is 163 Å². The third-order valence-corrected chi connectivity index (χ3v) is 5.56. The van der Waals surface area contributed by atoms with Crippen molar-refractivity contribution in [2.45, 2.75) is 31.9 Å². The molecule has 2 amide bonds. The predicted molar refractivity (Wildman–Crippen MR) is 105 cm³/mol. The summed E-state index contributed by atoms with van der Waals surface area (Å²) in [5, 5.41) is 0.930. The van der Waals surface area contributed by atoms with Crippen LogP contribution in [0.25, 0.3) is 10.9 Å². The van der Waals surface area contributed by atoms with Gasteiger partial charge in [-0.05, 0) is 36.8 Å². The number of hydrogen-bond acceptors (Lipinski definition) is 4. The minimum absolute atomic E-state index is 0.0138. The highest BCUT2D eigenvalue weighted by Crippen LogP contribution is 2.16. The van der Waals surface area contributed by atoms with Gasteiger partial charge in [-0.25, -0.2) is 0 Å². The molecule has 1 atom stereocenters. The van der Waals surface area contributed by atoms with Crippen LogP contribution in [0.3, 0.4) is 0 Å². The molecule has 1 unspecified atom stereocenters. The average Bonchev–Trinajstić information content (AvgIpc) is 3.14. The molecule has 0 N–H and O–H groups in total. The van der Waals surface area contributed by atoms with Crippen molar-refractivity contribution in [2.24, 2.45) is 0 Å². The van der Waals surface area contributed by atoms with Gasteiger partial charge in [-0.1, -0.05) is 18.2 Å². The molecule has 0 aliphatic carbocycles. The normalized spacial score (nSPS) is 20.4. The molecule has 2 fully saturated rings. The van der Waals surface area contributed by atoms with E-state index in [4.69, 9.17) is 4.74 Å². The van der Waals surface area contributed by atoms with E-state index >= 15 is 0 Å². The zero-order chi connectivity index (χ0) is 19.5. The Morgan fingerprint density at radius 2 is 1.75 bits per heavy atom. The van der Waals surface area contributed by atoms with Gasteiger partial charge in [0.1, 0.15) is 12.6 Å². The molecule has 7 heteroatoms. The van der Waals surface area contributed by atoms with Crippen LogP contribution >= 0.6 is 0 Å². The third kappa shape index (κ3) is 3.80. The largest absolute Gasteiger partial charge is 0.368 e. The fraction of sp³-hybridized carbons (Fsp3) is 0.476. The van der Waals surface area contributed by atoms with Gasteiger partial charge in [0, 0.05) is 38.9 Å². The van der Waals surface area contributed by atoms with Crippen LogP contribution in [-0.4, -0.2) is 65.1 Å². The van der Waals surface area contributed by atoms with Gasteiger partial charge < -0.3 is 14.5 Å². The molecule has 2 aliphatic rings. The van der Waals surface area contributed by atoms with Crippen LogP contribution in [0.5, 0.6) is 0 Å². The molecule has 148 valence electrons. The van der Waals surface area contributed by atoms with Crippen molar-refractivity contribution in [3.63, 3.8) is 0 Å². The second-order valence-corrected chi connectivity index (χ2v) is 7.38. The summed E-state index contributed by atoms with van der Waals surface area (Å²) in [6.07, 6.45) is 2.11. The maximum absolute atomic E-state index is 12.9. The zero-order valence-electron chi connectivity index (χ0n) is 15.9. The Hall–Kier alpha value is -2.67. The van der Waals surface area contributed by atoms with Crippen LogP contribution in [0.1, 0.15) is 19.3 Å². The summed E-state index contributed by atoms with van der Waals surface area (Å²) in [6.45, 7) is 2.88. The van der Waals surface area contributed by atoms with Crippen molar-refractivity contribution in [3.05, 3.63) is 46.8 Å². The summed E-state index contributed by atoms with van der Waals surface area (Å²) >= 11 is 0. The first-order chi connectivity index (χ1) is 13.6. The number of para-hydroxylation sites is 1. The number of pyridine rings is 1. The van der Waals surface area contributed by atoms with Crippen molar-refractivity contribution in [3.8, 4) is 0 Å². The molecule has 3 heterocycles. The van der Waals surface area contributed by atoms with Crippen LogP contribution in [0, 0.1) is 0 Å². The lowest BCUT2D eigenvalue weighted by molar-refractivity contribution is -0.141. The van der Waals surface area contributed by atoms with Gasteiger partial charge in [-0.15, -0.1) is 0 Å². The minimum Gasteiger partial charge on any atom is -0.368 e. The average molecular weight is 383 g/mol. The standard InChI is InChI=1S/C21H25N3O4/c25-19-9-8-16-5-1-2-6-17(16)24(19)15-20(26)22-10-4-11-23(13-12-22)21(27)18-7-3-14-28-18/h1-2,5-6,8-9,18H,3-4,7,10-15H2. The van der Waals surface area contributed by atoms with E-state index in [0.29, 0.717) is 32.8 Å². The number of aromatic nitrogens is 1. The number of amides is 2. The van der Waals surface area contributed by atoms with E-state index in [9.17, 15) is 14.4 Å². The van der Waals surface area contributed by atoms with Crippen LogP contribution in [0.4, 0.5) is 0 Å². The van der Waals surface area contributed by atoms with Gasteiger partial charge in [0.2, 0.25) is 5.91 Å². The highest BCUT2D eigenvalue weighted by Gasteiger charge is 2.30. The second kappa shape index (κ2) is 8.14. The number of benzene rings is 1. The highest BCUT2D eigenvalue weighted by atomic mass is 16.5. The maximum atomic E-state index is 12.9. The lowest BCUT2D eigenvalue weighted by Gasteiger charge is -2.24. The first-order valence-corrected chi connectivity index (χ1v) is 9.90. The fourth-order valence-corrected chi connectivity index (χ4v) is 4.01. The molecule has 0 bridgehead atoms. The Morgan fingerprint density at radius 1 is 0.964 bits per heavy atom. The molecular weight excluding hydrogens is 358 g/mol. The highest BCUT2D eigenvalue weighted by molar-refractivity contribution is 5.83. The van der Waals surface area contributed by atoms with Crippen molar-refractivity contribution in [1.82, 2.24) is 14.4 Å². The predicted octanol–water partition coefficient (Wildman–Crippen LogP) is 1.24. The number of fused-ring (bicyclic) bond motifs is 1. The SMILES string of the molecule is O=C(Cn1c(=O)ccc2ccccc21)N1CCCN(C(=O)C2CCCO2)CC1. The third-order valence-electron chi connectivity index (χ3n) is 5.56. The quantitative estimate of drug-likeness (QED) is 0.800. The molecule has 0 saturated carbocycles. The molecule has 4 rings (SSSR count). The van der Waals surface area contributed by atoms with Gasteiger partial charge in [-0.3, -0.25) is 19.0 Å². The monoisotopic (exact) mass is 383 g/mol. The molecular formula is C21H25N3O4. The van der Waals surface area contributed by atoms with Crippen molar-refractivity contribution < 1.29 is 14.3 Å². The van der Waals surface area contributed by atoms with Crippen LogP contribution in [0.2, 0.25) is 0 Å². The molecule has 7 nitrogen and oxygen atoms in total. The van der Waals surface area contributed by atoms with E-state index in [1.165, 1.54) is 10.6 Å². The van der Waals surface area contributed by atoms with Gasteiger partial charge in [0.05, 0.1) is 5.52 Å². The van der Waals surface area contributed by atoms with E-state index in [1.54, 1.807) is 11.0 Å². The number of ether oxygens (including phenoxy) is 1. The zero-order valence-corrected chi connectivity index (χ0v) is 15.9. The van der Waals surface area contributed by atoms with Gasteiger partial charge in [-0.2, -0.15) is 0 Å².